The molecular formula is C27H27N5S. The van der Waals surface area contributed by atoms with Crippen molar-refractivity contribution in [2.45, 2.75) is 39.0 Å². The van der Waals surface area contributed by atoms with Gasteiger partial charge in [0, 0.05) is 43.1 Å². The molecule has 0 spiro atoms. The maximum absolute atomic E-state index is 5.85. The fraction of sp³-hybridized carbons (Fsp3) is 0.222. The fourth-order valence-corrected chi connectivity index (χ4v) is 5.04. The molecule has 0 amide bonds. The maximum atomic E-state index is 5.85. The molecule has 4 heterocycles. The maximum Gasteiger partial charge on any atom is 0.170 e. The molecule has 1 aromatic carbocycles. The van der Waals surface area contributed by atoms with E-state index in [9.17, 15) is 0 Å². The Kier molecular flexibility index (Phi) is 5.92. The van der Waals surface area contributed by atoms with E-state index in [4.69, 9.17) is 12.2 Å². The predicted octanol–water partition coefficient (Wildman–Crippen LogP) is 5.12. The fourth-order valence-electron chi connectivity index (χ4n) is 4.74. The molecule has 1 aliphatic heterocycles. The molecule has 1 aliphatic rings. The Morgan fingerprint density at radius 2 is 1.70 bits per heavy atom. The zero-order valence-corrected chi connectivity index (χ0v) is 19.7. The minimum atomic E-state index is -0.0187. The molecule has 5 rings (SSSR count). The number of aryl methyl sites for hydroxylation is 1. The quantitative estimate of drug-likeness (QED) is 0.411. The third-order valence-corrected chi connectivity index (χ3v) is 6.74. The summed E-state index contributed by atoms with van der Waals surface area (Å²) in [4.78, 5) is 11.3. The van der Waals surface area contributed by atoms with E-state index < -0.39 is 0 Å². The highest BCUT2D eigenvalue weighted by molar-refractivity contribution is 7.80. The number of rotatable bonds is 6. The Morgan fingerprint density at radius 1 is 0.909 bits per heavy atom. The van der Waals surface area contributed by atoms with Gasteiger partial charge in [0.1, 0.15) is 0 Å². The smallest absolute Gasteiger partial charge is 0.170 e. The summed E-state index contributed by atoms with van der Waals surface area (Å²) in [5, 5.41) is 4.33. The SMILES string of the molecule is Cc1cc([C@H]2[C@@H](c3ccccn3)NC(=S)N2Cc2ccccc2)c(C)n1Cc1cccnc1. The molecule has 0 saturated carbocycles. The first kappa shape index (κ1) is 21.3. The number of benzene rings is 1. The van der Waals surface area contributed by atoms with E-state index in [1.54, 1.807) is 0 Å². The van der Waals surface area contributed by atoms with Crippen LogP contribution in [0.15, 0.2) is 85.3 Å². The summed E-state index contributed by atoms with van der Waals surface area (Å²) in [6.45, 7) is 5.91. The van der Waals surface area contributed by atoms with Crippen molar-refractivity contribution < 1.29 is 0 Å². The molecule has 4 aromatic rings. The lowest BCUT2D eigenvalue weighted by Crippen LogP contribution is -2.29. The average Bonchev–Trinajstić information content (AvgIpc) is 3.31. The first-order valence-corrected chi connectivity index (χ1v) is 11.6. The Balaban J connectivity index is 1.56. The molecule has 0 radical (unpaired) electrons. The van der Waals surface area contributed by atoms with Crippen molar-refractivity contribution in [1.29, 1.82) is 0 Å². The second-order valence-corrected chi connectivity index (χ2v) is 8.90. The van der Waals surface area contributed by atoms with Gasteiger partial charge < -0.3 is 14.8 Å². The molecule has 2 atom stereocenters. The summed E-state index contributed by atoms with van der Waals surface area (Å²) in [6, 6.07) is 23.0. The summed E-state index contributed by atoms with van der Waals surface area (Å²) < 4.78 is 2.36. The van der Waals surface area contributed by atoms with Gasteiger partial charge in [-0.25, -0.2) is 0 Å². The summed E-state index contributed by atoms with van der Waals surface area (Å²) in [7, 11) is 0. The Hall–Kier alpha value is -3.51. The van der Waals surface area contributed by atoms with Gasteiger partial charge in [0.25, 0.3) is 0 Å². The van der Waals surface area contributed by atoms with Crippen LogP contribution in [0.1, 0.15) is 45.9 Å². The van der Waals surface area contributed by atoms with E-state index in [0.717, 1.165) is 23.9 Å². The standard InChI is InChI=1S/C27H27N5S/c1-19-15-23(20(2)31(19)18-22-11-8-13-28-16-22)26-25(24-12-6-7-14-29-24)30-27(33)32(26)17-21-9-4-3-5-10-21/h3-16,25-26H,17-18H2,1-2H3,(H,30,33)/t25-,26+/m1/s1. The van der Waals surface area contributed by atoms with Gasteiger partial charge in [0.15, 0.2) is 5.11 Å². The van der Waals surface area contributed by atoms with Gasteiger partial charge in [-0.15, -0.1) is 0 Å². The van der Waals surface area contributed by atoms with Crippen molar-refractivity contribution in [3.63, 3.8) is 0 Å². The number of hydrogen-bond donors (Lipinski definition) is 1. The van der Waals surface area contributed by atoms with Crippen LogP contribution in [0.25, 0.3) is 0 Å². The number of nitrogens with one attached hydrogen (secondary N) is 1. The molecular weight excluding hydrogens is 426 g/mol. The van der Waals surface area contributed by atoms with Crippen LogP contribution < -0.4 is 5.32 Å². The third kappa shape index (κ3) is 4.26. The van der Waals surface area contributed by atoms with Crippen LogP contribution in [0.4, 0.5) is 0 Å². The van der Waals surface area contributed by atoms with Crippen molar-refractivity contribution in [3.05, 3.63) is 119 Å². The van der Waals surface area contributed by atoms with Crippen LogP contribution in [-0.2, 0) is 13.1 Å². The van der Waals surface area contributed by atoms with Crippen molar-refractivity contribution in [2.75, 3.05) is 0 Å². The first-order valence-electron chi connectivity index (χ1n) is 11.2. The van der Waals surface area contributed by atoms with Crippen LogP contribution in [-0.4, -0.2) is 24.5 Å². The van der Waals surface area contributed by atoms with Crippen molar-refractivity contribution in [3.8, 4) is 0 Å². The van der Waals surface area contributed by atoms with Gasteiger partial charge >= 0.3 is 0 Å². The molecule has 1 saturated heterocycles. The normalized spacial score (nSPS) is 17.9. The molecule has 6 heteroatoms. The van der Waals surface area contributed by atoms with Gasteiger partial charge in [-0.1, -0.05) is 42.5 Å². The first-order chi connectivity index (χ1) is 16.1. The van der Waals surface area contributed by atoms with Crippen LogP contribution in [0.5, 0.6) is 0 Å². The second-order valence-electron chi connectivity index (χ2n) is 8.51. The average molecular weight is 454 g/mol. The van der Waals surface area contributed by atoms with Gasteiger partial charge in [-0.3, -0.25) is 9.97 Å². The lowest BCUT2D eigenvalue weighted by atomic mass is 9.96. The van der Waals surface area contributed by atoms with Crippen molar-refractivity contribution >= 4 is 17.3 Å². The van der Waals surface area contributed by atoms with Crippen molar-refractivity contribution in [1.82, 2.24) is 24.8 Å². The Morgan fingerprint density at radius 3 is 2.42 bits per heavy atom. The number of nitrogens with zero attached hydrogens (tertiary/aromatic N) is 4. The van der Waals surface area contributed by atoms with Gasteiger partial charge in [0.05, 0.1) is 17.8 Å². The molecule has 1 fully saturated rings. The Bertz CT molecular complexity index is 1240. The van der Waals surface area contributed by atoms with Crippen LogP contribution >= 0.6 is 12.2 Å². The van der Waals surface area contributed by atoms with Gasteiger partial charge in [-0.05, 0) is 67.0 Å². The van der Waals surface area contributed by atoms with E-state index >= 15 is 0 Å². The number of aromatic nitrogens is 3. The van der Waals surface area contributed by atoms with Crippen LogP contribution in [0.2, 0.25) is 0 Å². The lowest BCUT2D eigenvalue weighted by molar-refractivity contribution is 0.310. The number of thiocarbonyl (C=S) groups is 1. The van der Waals surface area contributed by atoms with Crippen molar-refractivity contribution in [2.24, 2.45) is 0 Å². The zero-order valence-electron chi connectivity index (χ0n) is 18.8. The van der Waals surface area contributed by atoms with E-state index in [1.807, 2.05) is 42.9 Å². The third-order valence-electron chi connectivity index (χ3n) is 6.39. The largest absolute Gasteiger partial charge is 0.352 e. The van der Waals surface area contributed by atoms with Gasteiger partial charge in [0.2, 0.25) is 0 Å². The van der Waals surface area contributed by atoms with E-state index in [-0.39, 0.29) is 12.1 Å². The highest BCUT2D eigenvalue weighted by atomic mass is 32.1. The minimum Gasteiger partial charge on any atom is -0.352 e. The molecule has 5 nitrogen and oxygen atoms in total. The highest BCUT2D eigenvalue weighted by Crippen LogP contribution is 2.41. The molecule has 1 N–H and O–H groups in total. The summed E-state index contributed by atoms with van der Waals surface area (Å²) in [5.41, 5.74) is 7.16. The van der Waals surface area contributed by atoms with E-state index in [0.29, 0.717) is 0 Å². The zero-order chi connectivity index (χ0) is 22.8. The Labute approximate surface area is 200 Å². The van der Waals surface area contributed by atoms with Gasteiger partial charge in [-0.2, -0.15) is 0 Å². The summed E-state index contributed by atoms with van der Waals surface area (Å²) >= 11 is 5.85. The number of pyridine rings is 2. The summed E-state index contributed by atoms with van der Waals surface area (Å²) in [5.74, 6) is 0. The second kappa shape index (κ2) is 9.16. The van der Waals surface area contributed by atoms with Crippen LogP contribution in [0, 0.1) is 13.8 Å². The van der Waals surface area contributed by atoms with Crippen LogP contribution in [0.3, 0.4) is 0 Å². The molecule has 0 unspecified atom stereocenters. The topological polar surface area (TPSA) is 46.0 Å². The van der Waals surface area contributed by atoms with E-state index in [2.05, 4.69) is 81.1 Å². The molecule has 33 heavy (non-hydrogen) atoms. The van der Waals surface area contributed by atoms with E-state index in [1.165, 1.54) is 28.1 Å². The lowest BCUT2D eigenvalue weighted by Gasteiger charge is -2.28. The molecule has 0 aliphatic carbocycles. The molecule has 0 bridgehead atoms. The number of hydrogen-bond acceptors (Lipinski definition) is 3. The monoisotopic (exact) mass is 453 g/mol. The summed E-state index contributed by atoms with van der Waals surface area (Å²) in [6.07, 6.45) is 5.60. The predicted molar refractivity (Wildman–Crippen MR) is 135 cm³/mol. The minimum absolute atomic E-state index is 0.0187. The molecule has 166 valence electrons. The molecule has 3 aromatic heterocycles. The highest BCUT2D eigenvalue weighted by Gasteiger charge is 2.41.